The highest BCUT2D eigenvalue weighted by Gasteiger charge is 2.30. The summed E-state index contributed by atoms with van der Waals surface area (Å²) in [7, 11) is -1.68. The maximum Gasteiger partial charge on any atom is 0.243 e. The molecule has 0 radical (unpaired) electrons. The van der Waals surface area contributed by atoms with Crippen LogP contribution < -0.4 is 5.32 Å². The largest absolute Gasteiger partial charge is 0.316 e. The Bertz CT molecular complexity index is 546. The Morgan fingerprint density at radius 2 is 1.85 bits per heavy atom. The van der Waals surface area contributed by atoms with Gasteiger partial charge < -0.3 is 5.32 Å². The monoisotopic (exact) mass is 358 g/mol. The molecule has 0 spiro atoms. The van der Waals surface area contributed by atoms with Crippen molar-refractivity contribution in [1.82, 2.24) is 9.62 Å². The first-order chi connectivity index (χ1) is 8.93. The van der Waals surface area contributed by atoms with Gasteiger partial charge in [-0.1, -0.05) is 23.2 Å². The zero-order chi connectivity index (χ0) is 14.0. The zero-order valence-electron chi connectivity index (χ0n) is 11.0. The Balaban J connectivity index is 0.00000200. The van der Waals surface area contributed by atoms with Crippen LogP contribution >= 0.6 is 35.6 Å². The van der Waals surface area contributed by atoms with Crippen LogP contribution in [-0.2, 0) is 10.0 Å². The smallest absolute Gasteiger partial charge is 0.243 e. The molecular formula is C12H17Cl3N2O2S. The van der Waals surface area contributed by atoms with Crippen LogP contribution in [0.3, 0.4) is 0 Å². The van der Waals surface area contributed by atoms with E-state index in [1.165, 1.54) is 22.5 Å². The molecule has 0 bridgehead atoms. The summed E-state index contributed by atoms with van der Waals surface area (Å²) >= 11 is 11.7. The number of nitrogens with one attached hydrogen (secondary N) is 1. The minimum absolute atomic E-state index is 0. The summed E-state index contributed by atoms with van der Waals surface area (Å²) in [5, 5.41) is 3.78. The Kier molecular flexibility index (Phi) is 6.57. The molecular weight excluding hydrogens is 343 g/mol. The van der Waals surface area contributed by atoms with E-state index in [0.29, 0.717) is 23.1 Å². The molecule has 1 fully saturated rings. The van der Waals surface area contributed by atoms with Crippen LogP contribution in [0.4, 0.5) is 0 Å². The van der Waals surface area contributed by atoms with Crippen LogP contribution in [0.25, 0.3) is 0 Å². The number of nitrogens with zero attached hydrogens (tertiary/aromatic N) is 1. The summed E-state index contributed by atoms with van der Waals surface area (Å²) < 4.78 is 26.6. The van der Waals surface area contributed by atoms with Gasteiger partial charge in [0, 0.05) is 29.2 Å². The maximum atomic E-state index is 12.5. The summed E-state index contributed by atoms with van der Waals surface area (Å²) in [5.41, 5.74) is 0. The van der Waals surface area contributed by atoms with Gasteiger partial charge in [-0.25, -0.2) is 8.42 Å². The van der Waals surface area contributed by atoms with Crippen molar-refractivity contribution in [3.8, 4) is 0 Å². The standard InChI is InChI=1S/C12H16Cl2N2O2S.ClH/c1-15-11-3-2-4-16(8-11)19(17,18)12-6-9(13)5-10(14)7-12;/h5-7,11,15H,2-4,8H2,1H3;1H. The third-order valence-electron chi connectivity index (χ3n) is 3.27. The number of piperidine rings is 1. The number of likely N-dealkylation sites (N-methyl/N-ethyl adjacent to an activating group) is 1. The lowest BCUT2D eigenvalue weighted by atomic mass is 10.1. The van der Waals surface area contributed by atoms with Crippen molar-refractivity contribution in [3.63, 3.8) is 0 Å². The van der Waals surface area contributed by atoms with Crippen LogP contribution in [0.2, 0.25) is 10.0 Å². The molecule has 114 valence electrons. The summed E-state index contributed by atoms with van der Waals surface area (Å²) in [6.07, 6.45) is 1.83. The minimum Gasteiger partial charge on any atom is -0.316 e. The van der Waals surface area contributed by atoms with Gasteiger partial charge in [0.1, 0.15) is 0 Å². The van der Waals surface area contributed by atoms with E-state index < -0.39 is 10.0 Å². The van der Waals surface area contributed by atoms with Crippen LogP contribution in [0.1, 0.15) is 12.8 Å². The molecule has 0 aliphatic carbocycles. The van der Waals surface area contributed by atoms with E-state index in [2.05, 4.69) is 5.32 Å². The van der Waals surface area contributed by atoms with Gasteiger partial charge in [-0.3, -0.25) is 0 Å². The van der Waals surface area contributed by atoms with E-state index in [-0.39, 0.29) is 23.3 Å². The van der Waals surface area contributed by atoms with Gasteiger partial charge in [0.25, 0.3) is 0 Å². The van der Waals surface area contributed by atoms with Crippen molar-refractivity contribution in [2.24, 2.45) is 0 Å². The predicted molar refractivity (Wildman–Crippen MR) is 84.6 cm³/mol. The molecule has 0 saturated carbocycles. The first-order valence-corrected chi connectivity index (χ1v) is 8.26. The molecule has 1 N–H and O–H groups in total. The van der Waals surface area contributed by atoms with Gasteiger partial charge in [0.2, 0.25) is 10.0 Å². The Labute approximate surface area is 135 Å². The number of halogens is 3. The fourth-order valence-corrected chi connectivity index (χ4v) is 4.47. The quantitative estimate of drug-likeness (QED) is 0.903. The minimum atomic E-state index is -3.53. The molecule has 0 amide bonds. The average molecular weight is 360 g/mol. The van der Waals surface area contributed by atoms with Gasteiger partial charge in [-0.15, -0.1) is 12.4 Å². The SMILES string of the molecule is CNC1CCCN(S(=O)(=O)c2cc(Cl)cc(Cl)c2)C1.Cl. The van der Waals surface area contributed by atoms with Crippen LogP contribution in [0.15, 0.2) is 23.1 Å². The lowest BCUT2D eigenvalue weighted by molar-refractivity contribution is 0.293. The Morgan fingerprint density at radius 3 is 2.40 bits per heavy atom. The van der Waals surface area contributed by atoms with Gasteiger partial charge in [0.15, 0.2) is 0 Å². The summed E-state index contributed by atoms with van der Waals surface area (Å²) in [4.78, 5) is 0.154. The predicted octanol–water partition coefficient (Wildman–Crippen LogP) is 2.79. The van der Waals surface area contributed by atoms with Crippen LogP contribution in [0.5, 0.6) is 0 Å². The molecule has 4 nitrogen and oxygen atoms in total. The Morgan fingerprint density at radius 1 is 1.25 bits per heavy atom. The third-order valence-corrected chi connectivity index (χ3v) is 5.55. The molecule has 8 heteroatoms. The Hall–Kier alpha value is -0.0400. The van der Waals surface area contributed by atoms with E-state index in [1.807, 2.05) is 7.05 Å². The highest BCUT2D eigenvalue weighted by molar-refractivity contribution is 7.89. The fourth-order valence-electron chi connectivity index (χ4n) is 2.22. The van der Waals surface area contributed by atoms with E-state index in [4.69, 9.17) is 23.2 Å². The molecule has 1 atom stereocenters. The number of sulfonamides is 1. The molecule has 20 heavy (non-hydrogen) atoms. The van der Waals surface area contributed by atoms with Crippen LogP contribution in [-0.4, -0.2) is 38.9 Å². The first-order valence-electron chi connectivity index (χ1n) is 6.07. The summed E-state index contributed by atoms with van der Waals surface area (Å²) in [5.74, 6) is 0. The van der Waals surface area contributed by atoms with Crippen molar-refractivity contribution in [2.75, 3.05) is 20.1 Å². The van der Waals surface area contributed by atoms with Gasteiger partial charge in [-0.05, 0) is 38.1 Å². The molecule has 1 aliphatic rings. The molecule has 0 aromatic heterocycles. The van der Waals surface area contributed by atoms with Crippen molar-refractivity contribution >= 4 is 45.6 Å². The molecule has 1 saturated heterocycles. The van der Waals surface area contributed by atoms with E-state index in [1.54, 1.807) is 0 Å². The number of hydrogen-bond acceptors (Lipinski definition) is 3. The van der Waals surface area contributed by atoms with Crippen molar-refractivity contribution in [3.05, 3.63) is 28.2 Å². The lowest BCUT2D eigenvalue weighted by Crippen LogP contribution is -2.46. The highest BCUT2D eigenvalue weighted by Crippen LogP contribution is 2.26. The van der Waals surface area contributed by atoms with E-state index in [0.717, 1.165) is 12.8 Å². The number of rotatable bonds is 3. The topological polar surface area (TPSA) is 49.4 Å². The number of hydrogen-bond donors (Lipinski definition) is 1. The first kappa shape index (κ1) is 18.0. The summed E-state index contributed by atoms with van der Waals surface area (Å²) in [6.45, 7) is 1.01. The van der Waals surface area contributed by atoms with Gasteiger partial charge in [0.05, 0.1) is 4.90 Å². The second kappa shape index (κ2) is 7.29. The molecule has 1 aromatic rings. The van der Waals surface area contributed by atoms with Gasteiger partial charge >= 0.3 is 0 Å². The fraction of sp³-hybridized carbons (Fsp3) is 0.500. The normalized spacial score (nSPS) is 20.4. The second-order valence-electron chi connectivity index (χ2n) is 4.60. The van der Waals surface area contributed by atoms with E-state index in [9.17, 15) is 8.42 Å². The molecule has 1 aliphatic heterocycles. The van der Waals surface area contributed by atoms with Crippen molar-refractivity contribution < 1.29 is 8.42 Å². The molecule has 1 unspecified atom stereocenters. The maximum absolute atomic E-state index is 12.5. The molecule has 1 aromatic carbocycles. The van der Waals surface area contributed by atoms with Gasteiger partial charge in [-0.2, -0.15) is 4.31 Å². The average Bonchev–Trinajstić information content (AvgIpc) is 2.37. The zero-order valence-corrected chi connectivity index (χ0v) is 14.1. The third kappa shape index (κ3) is 4.00. The number of benzene rings is 1. The summed E-state index contributed by atoms with van der Waals surface area (Å²) in [6, 6.07) is 4.59. The molecule has 1 heterocycles. The van der Waals surface area contributed by atoms with Crippen LogP contribution in [0, 0.1) is 0 Å². The lowest BCUT2D eigenvalue weighted by Gasteiger charge is -2.31. The van der Waals surface area contributed by atoms with E-state index >= 15 is 0 Å². The second-order valence-corrected chi connectivity index (χ2v) is 7.41. The van der Waals surface area contributed by atoms with Crippen molar-refractivity contribution in [1.29, 1.82) is 0 Å². The highest BCUT2D eigenvalue weighted by atomic mass is 35.5. The van der Waals surface area contributed by atoms with Crippen molar-refractivity contribution in [2.45, 2.75) is 23.8 Å². The molecule has 2 rings (SSSR count).